The molecule has 0 aromatic rings. The van der Waals surface area contributed by atoms with Gasteiger partial charge in [-0.05, 0) is 6.42 Å². The predicted octanol–water partition coefficient (Wildman–Crippen LogP) is -4.34. The first-order chi connectivity index (χ1) is 10.8. The van der Waals surface area contributed by atoms with Crippen LogP contribution in [0.2, 0.25) is 0 Å². The Kier molecular flexibility index (Phi) is 8.24. The molecule has 0 aliphatic carbocycles. The molecule has 1 rings (SSSR count). The molecular weight excluding hydrogens is 316 g/mol. The van der Waals surface area contributed by atoms with Crippen LogP contribution in [0.25, 0.3) is 0 Å². The lowest BCUT2D eigenvalue weighted by Crippen LogP contribution is -2.61. The van der Waals surface area contributed by atoms with Gasteiger partial charge in [-0.25, -0.2) is 0 Å². The van der Waals surface area contributed by atoms with Crippen LogP contribution in [-0.2, 0) is 9.47 Å². The zero-order chi connectivity index (χ0) is 17.7. The van der Waals surface area contributed by atoms with Crippen LogP contribution in [0.15, 0.2) is 0 Å². The van der Waals surface area contributed by atoms with Crippen molar-refractivity contribution >= 4 is 0 Å². The summed E-state index contributed by atoms with van der Waals surface area (Å²) in [6.45, 7) is 0.109. The monoisotopic (exact) mass is 342 g/mol. The maximum absolute atomic E-state index is 9.99. The Balaban J connectivity index is 2.89. The van der Waals surface area contributed by atoms with E-state index in [4.69, 9.17) is 19.7 Å². The minimum absolute atomic E-state index is 0.133. The molecule has 0 radical (unpaired) electrons. The van der Waals surface area contributed by atoms with Crippen molar-refractivity contribution in [3.8, 4) is 0 Å². The first-order valence-electron chi connectivity index (χ1n) is 7.39. The van der Waals surface area contributed by atoms with Gasteiger partial charge in [-0.3, -0.25) is 0 Å². The van der Waals surface area contributed by atoms with Gasteiger partial charge >= 0.3 is 0 Å². The molecule has 10 nitrogen and oxygen atoms in total. The Morgan fingerprint density at radius 3 is 2.04 bits per heavy atom. The van der Waals surface area contributed by atoms with E-state index < -0.39 is 68.3 Å². The standard InChI is InChI=1S/C13H26O10/c1-2-5(16)8(18)12(6(17)3-14)23-13-11(21)10(20)9(19)7(4-15)22-13/h5-21H,2-4H2,1H3/t5-,6?,7?,8-,9+,10+,11?,12+,13+/m1/s1. The minimum atomic E-state index is -1.73. The van der Waals surface area contributed by atoms with Crippen molar-refractivity contribution in [1.82, 2.24) is 0 Å². The van der Waals surface area contributed by atoms with Crippen molar-refractivity contribution in [2.45, 2.75) is 68.5 Å². The van der Waals surface area contributed by atoms with Crippen LogP contribution in [-0.4, -0.2) is 109 Å². The molecule has 1 heterocycles. The number of aliphatic hydroxyl groups is 8. The SMILES string of the molecule is CC[C@@H](O)[C@@H](O)[C@@H](O[C@@H]1OC(CO)[C@H](O)[C@H](O)C1O)C(O)CO. The zero-order valence-electron chi connectivity index (χ0n) is 12.7. The van der Waals surface area contributed by atoms with Gasteiger partial charge in [0.05, 0.1) is 19.3 Å². The van der Waals surface area contributed by atoms with Crippen LogP contribution in [0.5, 0.6) is 0 Å². The first-order valence-corrected chi connectivity index (χ1v) is 7.39. The van der Waals surface area contributed by atoms with E-state index >= 15 is 0 Å². The largest absolute Gasteiger partial charge is 0.394 e. The molecule has 8 N–H and O–H groups in total. The number of hydrogen-bond acceptors (Lipinski definition) is 10. The quantitative estimate of drug-likeness (QED) is 0.215. The topological polar surface area (TPSA) is 180 Å². The summed E-state index contributed by atoms with van der Waals surface area (Å²) >= 11 is 0. The van der Waals surface area contributed by atoms with Gasteiger partial charge < -0.3 is 50.3 Å². The molecule has 9 atom stereocenters. The van der Waals surface area contributed by atoms with Crippen molar-refractivity contribution in [2.75, 3.05) is 13.2 Å². The summed E-state index contributed by atoms with van der Waals surface area (Å²) < 4.78 is 10.3. The summed E-state index contributed by atoms with van der Waals surface area (Å²) in [6.07, 6.45) is -13.7. The molecule has 1 aliphatic rings. The molecule has 23 heavy (non-hydrogen) atoms. The summed E-state index contributed by atoms with van der Waals surface area (Å²) in [4.78, 5) is 0. The zero-order valence-corrected chi connectivity index (χ0v) is 12.7. The van der Waals surface area contributed by atoms with Gasteiger partial charge in [-0.15, -0.1) is 0 Å². The molecule has 1 saturated heterocycles. The van der Waals surface area contributed by atoms with Gasteiger partial charge in [0.25, 0.3) is 0 Å². The van der Waals surface area contributed by atoms with Crippen LogP contribution in [0.4, 0.5) is 0 Å². The van der Waals surface area contributed by atoms with E-state index in [1.54, 1.807) is 6.92 Å². The highest BCUT2D eigenvalue weighted by molar-refractivity contribution is 4.91. The highest BCUT2D eigenvalue weighted by Crippen LogP contribution is 2.25. The van der Waals surface area contributed by atoms with Crippen molar-refractivity contribution in [2.24, 2.45) is 0 Å². The summed E-state index contributed by atoms with van der Waals surface area (Å²) in [5, 5.41) is 76.8. The molecule has 0 spiro atoms. The lowest BCUT2D eigenvalue weighted by atomic mass is 9.98. The third-order valence-electron chi connectivity index (χ3n) is 3.86. The Morgan fingerprint density at radius 1 is 0.957 bits per heavy atom. The number of rotatable bonds is 8. The second-order valence-corrected chi connectivity index (χ2v) is 5.51. The molecule has 138 valence electrons. The van der Waals surface area contributed by atoms with Gasteiger partial charge in [0.1, 0.15) is 42.7 Å². The number of hydrogen-bond donors (Lipinski definition) is 8. The molecule has 0 saturated carbocycles. The molecule has 10 heteroatoms. The summed E-state index contributed by atoms with van der Waals surface area (Å²) in [5.41, 5.74) is 0. The van der Waals surface area contributed by atoms with E-state index in [0.717, 1.165) is 0 Å². The Bertz CT molecular complexity index is 341. The third-order valence-corrected chi connectivity index (χ3v) is 3.86. The third kappa shape index (κ3) is 4.79. The van der Waals surface area contributed by atoms with E-state index in [2.05, 4.69) is 0 Å². The van der Waals surface area contributed by atoms with Gasteiger partial charge in [0.15, 0.2) is 6.29 Å². The second kappa shape index (κ2) is 9.18. The van der Waals surface area contributed by atoms with Crippen LogP contribution in [0.3, 0.4) is 0 Å². The van der Waals surface area contributed by atoms with Gasteiger partial charge in [0.2, 0.25) is 0 Å². The van der Waals surface area contributed by atoms with Crippen molar-refractivity contribution < 1.29 is 50.3 Å². The van der Waals surface area contributed by atoms with E-state index in [9.17, 15) is 30.6 Å². The average Bonchev–Trinajstić information content (AvgIpc) is 2.57. The molecule has 0 bridgehead atoms. The molecular formula is C13H26O10. The predicted molar refractivity (Wildman–Crippen MR) is 74.0 cm³/mol. The average molecular weight is 342 g/mol. The lowest BCUT2D eigenvalue weighted by molar-refractivity contribution is -0.327. The number of ether oxygens (including phenoxy) is 2. The van der Waals surface area contributed by atoms with Crippen LogP contribution >= 0.6 is 0 Å². The normalized spacial score (nSPS) is 37.2. The summed E-state index contributed by atoms with van der Waals surface area (Å²) in [6, 6.07) is 0. The van der Waals surface area contributed by atoms with E-state index in [-0.39, 0.29) is 6.42 Å². The van der Waals surface area contributed by atoms with Crippen molar-refractivity contribution in [3.05, 3.63) is 0 Å². The van der Waals surface area contributed by atoms with Crippen molar-refractivity contribution in [1.29, 1.82) is 0 Å². The fraction of sp³-hybridized carbons (Fsp3) is 1.00. The van der Waals surface area contributed by atoms with E-state index in [1.165, 1.54) is 0 Å². The second-order valence-electron chi connectivity index (χ2n) is 5.51. The van der Waals surface area contributed by atoms with Gasteiger partial charge in [0, 0.05) is 0 Å². The van der Waals surface area contributed by atoms with Crippen LogP contribution in [0.1, 0.15) is 13.3 Å². The summed E-state index contributed by atoms with van der Waals surface area (Å²) in [5.74, 6) is 0. The van der Waals surface area contributed by atoms with Gasteiger partial charge in [-0.1, -0.05) is 6.92 Å². The minimum Gasteiger partial charge on any atom is -0.394 e. The van der Waals surface area contributed by atoms with Crippen molar-refractivity contribution in [3.63, 3.8) is 0 Å². The van der Waals surface area contributed by atoms with Gasteiger partial charge in [-0.2, -0.15) is 0 Å². The molecule has 1 aliphatic heterocycles. The molecule has 1 fully saturated rings. The molecule has 0 aromatic carbocycles. The molecule has 0 amide bonds. The Morgan fingerprint density at radius 2 is 1.57 bits per heavy atom. The Hall–Kier alpha value is -0.400. The maximum atomic E-state index is 9.99. The van der Waals surface area contributed by atoms with Crippen LogP contribution in [0, 0.1) is 0 Å². The highest BCUT2D eigenvalue weighted by atomic mass is 16.7. The fourth-order valence-electron chi connectivity index (χ4n) is 2.30. The maximum Gasteiger partial charge on any atom is 0.187 e. The molecule has 0 aromatic heterocycles. The number of aliphatic hydroxyl groups excluding tert-OH is 8. The van der Waals surface area contributed by atoms with Crippen LogP contribution < -0.4 is 0 Å². The van der Waals surface area contributed by atoms with E-state index in [1.807, 2.05) is 0 Å². The molecule has 3 unspecified atom stereocenters. The smallest absolute Gasteiger partial charge is 0.187 e. The summed E-state index contributed by atoms with van der Waals surface area (Å²) in [7, 11) is 0. The Labute approximate surface area is 133 Å². The fourth-order valence-corrected chi connectivity index (χ4v) is 2.30. The van der Waals surface area contributed by atoms with E-state index in [0.29, 0.717) is 0 Å². The lowest BCUT2D eigenvalue weighted by Gasteiger charge is -2.42. The first kappa shape index (κ1) is 20.6. The highest BCUT2D eigenvalue weighted by Gasteiger charge is 2.46.